The van der Waals surface area contributed by atoms with Crippen molar-refractivity contribution in [2.75, 3.05) is 13.2 Å². The lowest BCUT2D eigenvalue weighted by atomic mass is 10.1. The van der Waals surface area contributed by atoms with E-state index < -0.39 is 0 Å². The first-order chi connectivity index (χ1) is 8.81. The maximum Gasteiger partial charge on any atom is 0.251 e. The van der Waals surface area contributed by atoms with Crippen LogP contribution in [-0.4, -0.2) is 29.1 Å². The van der Waals surface area contributed by atoms with Gasteiger partial charge in [0.2, 0.25) is 0 Å². The molecule has 2 aromatic rings. The third-order valence-corrected chi connectivity index (χ3v) is 2.94. The normalized spacial score (nSPS) is 10.7. The van der Waals surface area contributed by atoms with E-state index in [9.17, 15) is 4.79 Å². The number of nitrogens with one attached hydrogen (secondary N) is 2. The number of benzene rings is 1. The van der Waals surface area contributed by atoms with Gasteiger partial charge in [-0.25, -0.2) is 0 Å². The highest BCUT2D eigenvalue weighted by atomic mass is 16.2. The van der Waals surface area contributed by atoms with Gasteiger partial charge in [0.1, 0.15) is 0 Å². The minimum atomic E-state index is -0.0397. The van der Waals surface area contributed by atoms with Crippen LogP contribution in [0.15, 0.2) is 30.5 Å². The summed E-state index contributed by atoms with van der Waals surface area (Å²) in [4.78, 5) is 15.0. The van der Waals surface area contributed by atoms with Crippen LogP contribution in [0.2, 0.25) is 0 Å². The molecule has 1 aromatic heterocycles. The summed E-state index contributed by atoms with van der Waals surface area (Å²) in [5.41, 5.74) is 1.72. The van der Waals surface area contributed by atoms with E-state index in [1.165, 1.54) is 0 Å². The van der Waals surface area contributed by atoms with Crippen molar-refractivity contribution in [3.8, 4) is 0 Å². The molecule has 0 unspecified atom stereocenters. The van der Waals surface area contributed by atoms with Crippen molar-refractivity contribution in [2.24, 2.45) is 0 Å². The van der Waals surface area contributed by atoms with Crippen molar-refractivity contribution in [2.45, 2.75) is 19.3 Å². The maximum atomic E-state index is 11.9. The van der Waals surface area contributed by atoms with E-state index in [-0.39, 0.29) is 12.5 Å². The Labute approximate surface area is 106 Å². The average Bonchev–Trinajstić information content (AvgIpc) is 2.85. The minimum Gasteiger partial charge on any atom is -0.396 e. The lowest BCUT2D eigenvalue weighted by Gasteiger charge is -2.05. The van der Waals surface area contributed by atoms with E-state index in [4.69, 9.17) is 5.11 Å². The molecule has 0 aliphatic carbocycles. The fourth-order valence-corrected chi connectivity index (χ4v) is 1.91. The Hall–Kier alpha value is -1.81. The predicted molar refractivity (Wildman–Crippen MR) is 71.6 cm³/mol. The van der Waals surface area contributed by atoms with Crippen molar-refractivity contribution < 1.29 is 9.90 Å². The topological polar surface area (TPSA) is 65.1 Å². The molecule has 1 aromatic carbocycles. The highest BCUT2D eigenvalue weighted by Gasteiger charge is 2.05. The minimum absolute atomic E-state index is 0.0397. The Morgan fingerprint density at radius 2 is 2.11 bits per heavy atom. The molecular formula is C14H18N2O2. The van der Waals surface area contributed by atoms with Gasteiger partial charge in [0.15, 0.2) is 0 Å². The largest absolute Gasteiger partial charge is 0.396 e. The summed E-state index contributed by atoms with van der Waals surface area (Å²) in [6.07, 6.45) is 4.50. The molecule has 4 nitrogen and oxygen atoms in total. The average molecular weight is 246 g/mol. The van der Waals surface area contributed by atoms with Crippen LogP contribution in [-0.2, 0) is 0 Å². The first-order valence-corrected chi connectivity index (χ1v) is 6.27. The quantitative estimate of drug-likeness (QED) is 0.683. The Morgan fingerprint density at radius 1 is 1.22 bits per heavy atom. The van der Waals surface area contributed by atoms with E-state index in [0.29, 0.717) is 12.1 Å². The smallest absolute Gasteiger partial charge is 0.251 e. The number of aromatic amines is 1. The summed E-state index contributed by atoms with van der Waals surface area (Å²) in [6.45, 7) is 0.877. The molecular weight excluding hydrogens is 228 g/mol. The molecule has 1 heterocycles. The molecule has 0 atom stereocenters. The third-order valence-electron chi connectivity index (χ3n) is 2.94. The molecule has 0 aliphatic rings. The Kier molecular flexibility index (Phi) is 4.36. The first-order valence-electron chi connectivity index (χ1n) is 6.27. The number of aliphatic hydroxyl groups is 1. The zero-order chi connectivity index (χ0) is 12.8. The molecule has 0 saturated carbocycles. The van der Waals surface area contributed by atoms with Gasteiger partial charge in [-0.05, 0) is 43.5 Å². The number of carbonyl (C=O) groups excluding carboxylic acids is 1. The van der Waals surface area contributed by atoms with Crippen LogP contribution in [0, 0.1) is 0 Å². The van der Waals surface area contributed by atoms with Crippen molar-refractivity contribution in [1.29, 1.82) is 0 Å². The monoisotopic (exact) mass is 246 g/mol. The summed E-state index contributed by atoms with van der Waals surface area (Å²) in [6, 6.07) is 7.57. The molecule has 0 saturated heterocycles. The van der Waals surface area contributed by atoms with Crippen molar-refractivity contribution in [1.82, 2.24) is 10.3 Å². The van der Waals surface area contributed by atoms with Crippen molar-refractivity contribution in [3.63, 3.8) is 0 Å². The number of hydrogen-bond donors (Lipinski definition) is 3. The highest BCUT2D eigenvalue weighted by molar-refractivity contribution is 5.98. The van der Waals surface area contributed by atoms with Gasteiger partial charge in [-0.3, -0.25) is 4.79 Å². The van der Waals surface area contributed by atoms with Crippen LogP contribution in [0.4, 0.5) is 0 Å². The molecule has 18 heavy (non-hydrogen) atoms. The summed E-state index contributed by atoms with van der Waals surface area (Å²) in [5.74, 6) is -0.0397. The fourth-order valence-electron chi connectivity index (χ4n) is 1.91. The molecule has 0 spiro atoms. The van der Waals surface area contributed by atoms with Gasteiger partial charge in [0, 0.05) is 35.8 Å². The standard InChI is InChI=1S/C14H18N2O2/c17-9-3-1-2-7-16-14(18)12-4-5-13-11(10-12)6-8-15-13/h4-6,8,10,15,17H,1-3,7,9H2,(H,16,18). The fraction of sp³-hybridized carbons (Fsp3) is 0.357. The first kappa shape index (κ1) is 12.6. The van der Waals surface area contributed by atoms with Crippen LogP contribution < -0.4 is 5.32 Å². The molecule has 4 heteroatoms. The number of unbranched alkanes of at least 4 members (excludes halogenated alkanes) is 2. The third kappa shape index (κ3) is 3.11. The van der Waals surface area contributed by atoms with Gasteiger partial charge < -0.3 is 15.4 Å². The summed E-state index contributed by atoms with van der Waals surface area (Å²) in [5, 5.41) is 12.6. The van der Waals surface area contributed by atoms with Gasteiger partial charge >= 0.3 is 0 Å². The number of aromatic nitrogens is 1. The Balaban J connectivity index is 1.88. The molecule has 2 rings (SSSR count). The van der Waals surface area contributed by atoms with E-state index in [1.54, 1.807) is 0 Å². The number of amides is 1. The summed E-state index contributed by atoms with van der Waals surface area (Å²) >= 11 is 0. The number of H-pyrrole nitrogens is 1. The molecule has 1 amide bonds. The number of aliphatic hydroxyl groups excluding tert-OH is 1. The van der Waals surface area contributed by atoms with Gasteiger partial charge in [-0.2, -0.15) is 0 Å². The summed E-state index contributed by atoms with van der Waals surface area (Å²) < 4.78 is 0. The van der Waals surface area contributed by atoms with Gasteiger partial charge in [-0.1, -0.05) is 0 Å². The highest BCUT2D eigenvalue weighted by Crippen LogP contribution is 2.14. The number of carbonyl (C=O) groups is 1. The second kappa shape index (κ2) is 6.21. The molecule has 0 bridgehead atoms. The number of fused-ring (bicyclic) bond motifs is 1. The van der Waals surface area contributed by atoms with E-state index in [1.807, 2.05) is 30.5 Å². The second-order valence-electron chi connectivity index (χ2n) is 4.32. The van der Waals surface area contributed by atoms with Gasteiger partial charge in [-0.15, -0.1) is 0 Å². The van der Waals surface area contributed by atoms with Crippen LogP contribution in [0.1, 0.15) is 29.6 Å². The molecule has 96 valence electrons. The summed E-state index contributed by atoms with van der Waals surface area (Å²) in [7, 11) is 0. The molecule has 0 aliphatic heterocycles. The van der Waals surface area contributed by atoms with Crippen LogP contribution in [0.25, 0.3) is 10.9 Å². The second-order valence-corrected chi connectivity index (χ2v) is 4.32. The zero-order valence-corrected chi connectivity index (χ0v) is 10.3. The van der Waals surface area contributed by atoms with E-state index in [2.05, 4.69) is 10.3 Å². The molecule has 0 radical (unpaired) electrons. The maximum absolute atomic E-state index is 11.9. The van der Waals surface area contributed by atoms with Crippen molar-refractivity contribution >= 4 is 16.8 Å². The number of rotatable bonds is 6. The van der Waals surface area contributed by atoms with Crippen LogP contribution in [0.3, 0.4) is 0 Å². The molecule has 0 fully saturated rings. The molecule has 3 N–H and O–H groups in total. The van der Waals surface area contributed by atoms with Crippen LogP contribution >= 0.6 is 0 Å². The van der Waals surface area contributed by atoms with Crippen molar-refractivity contribution in [3.05, 3.63) is 36.0 Å². The number of hydrogen-bond acceptors (Lipinski definition) is 2. The lowest BCUT2D eigenvalue weighted by Crippen LogP contribution is -2.24. The predicted octanol–water partition coefficient (Wildman–Crippen LogP) is 2.06. The Bertz CT molecular complexity index is 519. The van der Waals surface area contributed by atoms with Crippen LogP contribution in [0.5, 0.6) is 0 Å². The van der Waals surface area contributed by atoms with E-state index in [0.717, 1.165) is 30.2 Å². The van der Waals surface area contributed by atoms with Gasteiger partial charge in [0.25, 0.3) is 5.91 Å². The van der Waals surface area contributed by atoms with Gasteiger partial charge in [0.05, 0.1) is 0 Å². The van der Waals surface area contributed by atoms with E-state index >= 15 is 0 Å². The SMILES string of the molecule is O=C(NCCCCCO)c1ccc2[nH]ccc2c1. The lowest BCUT2D eigenvalue weighted by molar-refractivity contribution is 0.0953. The Morgan fingerprint density at radius 3 is 2.94 bits per heavy atom. The zero-order valence-electron chi connectivity index (χ0n) is 10.3.